The lowest BCUT2D eigenvalue weighted by molar-refractivity contribution is 0.0947. The van der Waals surface area contributed by atoms with Gasteiger partial charge >= 0.3 is 0 Å². The molecule has 0 aliphatic heterocycles. The predicted molar refractivity (Wildman–Crippen MR) is 70.3 cm³/mol. The number of benzene rings is 1. The van der Waals surface area contributed by atoms with E-state index in [1.165, 1.54) is 0 Å². The topological polar surface area (TPSA) is 60.7 Å². The Balaban J connectivity index is 1.75. The molecule has 0 saturated heterocycles. The molecule has 3 aromatic rings. The van der Waals surface area contributed by atoms with Crippen molar-refractivity contribution < 1.29 is 4.79 Å². The summed E-state index contributed by atoms with van der Waals surface area (Å²) in [5, 5.41) is 3.92. The smallest absolute Gasteiger partial charge is 0.267 e. The number of nitrogens with one attached hydrogen (secondary N) is 3. The zero-order chi connectivity index (χ0) is 12.4. The summed E-state index contributed by atoms with van der Waals surface area (Å²) < 4.78 is 0. The highest BCUT2D eigenvalue weighted by atomic mass is 16.1. The van der Waals surface area contributed by atoms with Gasteiger partial charge in [0.1, 0.15) is 5.69 Å². The minimum atomic E-state index is -0.0904. The second-order valence-electron chi connectivity index (χ2n) is 4.17. The zero-order valence-corrected chi connectivity index (χ0v) is 9.73. The first-order valence-corrected chi connectivity index (χ1v) is 5.80. The van der Waals surface area contributed by atoms with Crippen LogP contribution >= 0.6 is 0 Å². The highest BCUT2D eigenvalue weighted by Crippen LogP contribution is 2.14. The molecule has 0 bridgehead atoms. The summed E-state index contributed by atoms with van der Waals surface area (Å²) in [4.78, 5) is 18.0. The minimum absolute atomic E-state index is 0.0904. The molecule has 2 aromatic heterocycles. The van der Waals surface area contributed by atoms with Crippen LogP contribution in [0.25, 0.3) is 10.9 Å². The van der Waals surface area contributed by atoms with Gasteiger partial charge in [-0.3, -0.25) is 4.79 Å². The molecule has 0 saturated carbocycles. The van der Waals surface area contributed by atoms with Gasteiger partial charge < -0.3 is 15.3 Å². The van der Waals surface area contributed by atoms with Crippen LogP contribution in [0.15, 0.2) is 48.8 Å². The van der Waals surface area contributed by atoms with E-state index in [9.17, 15) is 4.79 Å². The van der Waals surface area contributed by atoms with E-state index in [2.05, 4.69) is 15.3 Å². The van der Waals surface area contributed by atoms with E-state index in [1.54, 1.807) is 0 Å². The van der Waals surface area contributed by atoms with Crippen molar-refractivity contribution in [3.8, 4) is 0 Å². The third kappa shape index (κ3) is 2.00. The van der Waals surface area contributed by atoms with Crippen molar-refractivity contribution in [1.82, 2.24) is 15.3 Å². The van der Waals surface area contributed by atoms with Crippen LogP contribution in [-0.2, 0) is 6.54 Å². The van der Waals surface area contributed by atoms with E-state index in [0.29, 0.717) is 12.2 Å². The number of hydrogen-bond acceptors (Lipinski definition) is 1. The van der Waals surface area contributed by atoms with Crippen molar-refractivity contribution in [1.29, 1.82) is 0 Å². The van der Waals surface area contributed by atoms with Gasteiger partial charge in [0, 0.05) is 29.8 Å². The molecular formula is C14H13N3O. The number of carbonyl (C=O) groups is 1. The van der Waals surface area contributed by atoms with Crippen LogP contribution in [0.4, 0.5) is 0 Å². The van der Waals surface area contributed by atoms with E-state index in [0.717, 1.165) is 16.5 Å². The first-order chi connectivity index (χ1) is 8.83. The summed E-state index contributed by atoms with van der Waals surface area (Å²) in [6, 6.07) is 11.6. The fourth-order valence-electron chi connectivity index (χ4n) is 1.94. The number of aromatic amines is 2. The van der Waals surface area contributed by atoms with Crippen LogP contribution in [-0.4, -0.2) is 15.9 Å². The molecule has 0 aliphatic carbocycles. The molecule has 0 spiro atoms. The molecule has 2 heterocycles. The molecule has 18 heavy (non-hydrogen) atoms. The lowest BCUT2D eigenvalue weighted by atomic mass is 10.2. The number of rotatable bonds is 3. The quantitative estimate of drug-likeness (QED) is 0.646. The van der Waals surface area contributed by atoms with Crippen LogP contribution in [0.3, 0.4) is 0 Å². The monoisotopic (exact) mass is 239 g/mol. The van der Waals surface area contributed by atoms with Crippen LogP contribution < -0.4 is 5.32 Å². The Labute approximate surface area is 104 Å². The Morgan fingerprint density at radius 1 is 1.22 bits per heavy atom. The van der Waals surface area contributed by atoms with E-state index >= 15 is 0 Å². The molecule has 4 heteroatoms. The molecule has 0 atom stereocenters. The number of aromatic nitrogens is 2. The minimum Gasteiger partial charge on any atom is -0.367 e. The summed E-state index contributed by atoms with van der Waals surface area (Å²) in [5.74, 6) is -0.0904. The van der Waals surface area contributed by atoms with Gasteiger partial charge in [0.05, 0.1) is 0 Å². The van der Waals surface area contributed by atoms with Crippen LogP contribution in [0.1, 0.15) is 16.1 Å². The molecular weight excluding hydrogens is 226 g/mol. The highest BCUT2D eigenvalue weighted by Gasteiger charge is 2.08. The second-order valence-corrected chi connectivity index (χ2v) is 4.17. The number of amides is 1. The summed E-state index contributed by atoms with van der Waals surface area (Å²) in [7, 11) is 0. The molecule has 90 valence electrons. The first-order valence-electron chi connectivity index (χ1n) is 5.80. The average molecular weight is 239 g/mol. The van der Waals surface area contributed by atoms with Gasteiger partial charge in [-0.1, -0.05) is 18.2 Å². The van der Waals surface area contributed by atoms with Crippen LogP contribution in [0.5, 0.6) is 0 Å². The maximum Gasteiger partial charge on any atom is 0.267 e. The number of hydrogen-bond donors (Lipinski definition) is 3. The maximum atomic E-state index is 12.0. The number of carbonyl (C=O) groups excluding carboxylic acids is 1. The van der Waals surface area contributed by atoms with E-state index in [4.69, 9.17) is 0 Å². The predicted octanol–water partition coefficient (Wildman–Crippen LogP) is 2.43. The summed E-state index contributed by atoms with van der Waals surface area (Å²) in [6.07, 6.45) is 3.70. The van der Waals surface area contributed by atoms with Crippen molar-refractivity contribution in [2.75, 3.05) is 0 Å². The van der Waals surface area contributed by atoms with Gasteiger partial charge in [-0.25, -0.2) is 0 Å². The zero-order valence-electron chi connectivity index (χ0n) is 9.73. The normalized spacial score (nSPS) is 10.7. The molecule has 0 fully saturated rings. The van der Waals surface area contributed by atoms with Crippen molar-refractivity contribution in [3.63, 3.8) is 0 Å². The van der Waals surface area contributed by atoms with Crippen molar-refractivity contribution in [2.45, 2.75) is 6.54 Å². The molecule has 1 aromatic carbocycles. The summed E-state index contributed by atoms with van der Waals surface area (Å²) in [5.41, 5.74) is 2.62. The van der Waals surface area contributed by atoms with E-state index in [1.807, 2.05) is 48.8 Å². The number of para-hydroxylation sites is 1. The standard InChI is InChI=1S/C14H13N3O/c18-14(16-9-10-5-6-15-8-10)13-7-11-3-1-2-4-12(11)17-13/h1-8,15,17H,9H2,(H,16,18). The molecule has 3 rings (SSSR count). The van der Waals surface area contributed by atoms with Crippen molar-refractivity contribution in [2.24, 2.45) is 0 Å². The van der Waals surface area contributed by atoms with Gasteiger partial charge in [-0.15, -0.1) is 0 Å². The molecule has 4 nitrogen and oxygen atoms in total. The second kappa shape index (κ2) is 4.41. The fourth-order valence-corrected chi connectivity index (χ4v) is 1.94. The van der Waals surface area contributed by atoms with Gasteiger partial charge in [0.25, 0.3) is 5.91 Å². The van der Waals surface area contributed by atoms with Crippen molar-refractivity contribution >= 4 is 16.8 Å². The van der Waals surface area contributed by atoms with Crippen LogP contribution in [0, 0.1) is 0 Å². The molecule has 0 aliphatic rings. The molecule has 0 radical (unpaired) electrons. The van der Waals surface area contributed by atoms with Gasteiger partial charge in [0.2, 0.25) is 0 Å². The summed E-state index contributed by atoms with van der Waals surface area (Å²) in [6.45, 7) is 0.525. The van der Waals surface area contributed by atoms with E-state index < -0.39 is 0 Å². The Hall–Kier alpha value is -2.49. The molecule has 1 amide bonds. The number of fused-ring (bicyclic) bond motifs is 1. The average Bonchev–Trinajstić information content (AvgIpc) is 3.04. The Kier molecular flexibility index (Phi) is 2.61. The van der Waals surface area contributed by atoms with Gasteiger partial charge in [0.15, 0.2) is 0 Å². The van der Waals surface area contributed by atoms with E-state index in [-0.39, 0.29) is 5.91 Å². The first kappa shape index (κ1) is 10.7. The summed E-state index contributed by atoms with van der Waals surface area (Å²) >= 11 is 0. The third-order valence-electron chi connectivity index (χ3n) is 2.89. The Morgan fingerprint density at radius 2 is 2.11 bits per heavy atom. The Bertz CT molecular complexity index is 634. The maximum absolute atomic E-state index is 12.0. The van der Waals surface area contributed by atoms with Gasteiger partial charge in [-0.2, -0.15) is 0 Å². The molecule has 3 N–H and O–H groups in total. The number of H-pyrrole nitrogens is 2. The Morgan fingerprint density at radius 3 is 2.89 bits per heavy atom. The fraction of sp³-hybridized carbons (Fsp3) is 0.0714. The third-order valence-corrected chi connectivity index (χ3v) is 2.89. The lowest BCUT2D eigenvalue weighted by Crippen LogP contribution is -2.22. The largest absolute Gasteiger partial charge is 0.367 e. The van der Waals surface area contributed by atoms with Crippen molar-refractivity contribution in [3.05, 3.63) is 60.0 Å². The molecule has 0 unspecified atom stereocenters. The van der Waals surface area contributed by atoms with Gasteiger partial charge in [-0.05, 0) is 23.8 Å². The lowest BCUT2D eigenvalue weighted by Gasteiger charge is -2.01. The highest BCUT2D eigenvalue weighted by molar-refractivity contribution is 5.97. The van der Waals surface area contributed by atoms with Crippen LogP contribution in [0.2, 0.25) is 0 Å². The SMILES string of the molecule is O=C(NCc1cc[nH]c1)c1cc2ccccc2[nH]1.